The van der Waals surface area contributed by atoms with Crippen molar-refractivity contribution >= 4 is 125 Å². The van der Waals surface area contributed by atoms with E-state index in [1.54, 1.807) is 67.8 Å². The third kappa shape index (κ3) is 17.6. The minimum atomic E-state index is 0. The van der Waals surface area contributed by atoms with E-state index >= 15 is 0 Å². The maximum atomic E-state index is 4.46. The summed E-state index contributed by atoms with van der Waals surface area (Å²) in [6.45, 7) is 12.1. The van der Waals surface area contributed by atoms with Gasteiger partial charge in [-0.1, -0.05) is 42.5 Å². The van der Waals surface area contributed by atoms with Gasteiger partial charge in [-0.25, -0.2) is 54.8 Å². The zero-order valence-electron chi connectivity index (χ0n) is 57.7. The number of pyridine rings is 2. The van der Waals surface area contributed by atoms with Gasteiger partial charge < -0.3 is 49.0 Å². The van der Waals surface area contributed by atoms with Crippen LogP contribution in [0.4, 0.5) is 114 Å². The van der Waals surface area contributed by atoms with Gasteiger partial charge >= 0.3 is 0 Å². The van der Waals surface area contributed by atoms with E-state index in [4.69, 9.17) is 0 Å². The molecule has 110 heavy (non-hydrogen) atoms. The molecule has 0 N–H and O–H groups in total. The van der Waals surface area contributed by atoms with Crippen molar-refractivity contribution < 1.29 is 101 Å². The Kier molecular flexibility index (Phi) is 28.1. The van der Waals surface area contributed by atoms with Crippen LogP contribution >= 0.6 is 11.3 Å². The maximum absolute atomic E-state index is 4.46. The summed E-state index contributed by atoms with van der Waals surface area (Å²) in [6.07, 6.45) is 22.2. The van der Waals surface area contributed by atoms with Gasteiger partial charge in [-0.3, -0.25) is 4.98 Å². The van der Waals surface area contributed by atoms with Crippen LogP contribution in [0.1, 0.15) is 5.56 Å². The molecule has 15 aromatic rings. The number of nitrogens with zero attached hydrogens (tertiary/aromatic N) is 22. The fraction of sp³-hybridized carbons (Fsp3) is 0.0122. The van der Waals surface area contributed by atoms with Crippen LogP contribution in [0.15, 0.2) is 305 Å². The van der Waals surface area contributed by atoms with Crippen LogP contribution < -0.4 is 49.0 Å². The van der Waals surface area contributed by atoms with E-state index in [-0.39, 0.29) is 101 Å². The third-order valence-corrected chi connectivity index (χ3v) is 17.6. The number of anilines is 20. The number of aromatic nitrogens is 12. The predicted octanol–water partition coefficient (Wildman–Crippen LogP) is 17.6. The Balaban J connectivity index is 0.000000135. The fourth-order valence-corrected chi connectivity index (χ4v) is 12.6. The number of aryl methyl sites for hydroxylation is 1. The van der Waals surface area contributed by atoms with Gasteiger partial charge in [-0.15, -0.1) is 73.1 Å². The quantitative estimate of drug-likeness (QED) is 0.118. The number of hydrogen-bond acceptors (Lipinski definition) is 23. The van der Waals surface area contributed by atoms with E-state index in [0.29, 0.717) is 0 Å². The Morgan fingerprint density at radius 3 is 1.07 bits per heavy atom. The number of hydrogen-bond donors (Lipinski definition) is 0. The Morgan fingerprint density at radius 2 is 0.636 bits per heavy atom. The number of thiophene rings is 1. The molecule has 20 rings (SSSR count). The van der Waals surface area contributed by atoms with Crippen LogP contribution in [0, 0.1) is 70.6 Å². The average molecular weight is 2340 g/mol. The summed E-state index contributed by atoms with van der Waals surface area (Å²) >= 11 is 1.68. The van der Waals surface area contributed by atoms with Crippen molar-refractivity contribution in [3.63, 3.8) is 0 Å². The summed E-state index contributed by atoms with van der Waals surface area (Å²) in [5, 5.41) is 3.20. The van der Waals surface area contributed by atoms with Crippen LogP contribution in [0.5, 0.6) is 0 Å². The summed E-state index contributed by atoms with van der Waals surface area (Å²) in [7, 11) is 0. The second-order valence-corrected chi connectivity index (χ2v) is 24.1. The molecule has 0 aliphatic carbocycles. The van der Waals surface area contributed by atoms with Crippen molar-refractivity contribution in [1.29, 1.82) is 0 Å². The van der Waals surface area contributed by atoms with Crippen molar-refractivity contribution in [1.82, 2.24) is 59.8 Å². The van der Waals surface area contributed by atoms with Crippen molar-refractivity contribution in [2.24, 2.45) is 0 Å². The van der Waals surface area contributed by atoms with Gasteiger partial charge in [0.1, 0.15) is 66.5 Å². The van der Waals surface area contributed by atoms with Gasteiger partial charge in [0.2, 0.25) is 0 Å². The number of para-hydroxylation sites is 7. The van der Waals surface area contributed by atoms with Crippen molar-refractivity contribution in [3.8, 4) is 0 Å². The molecule has 0 atom stereocenters. The molecule has 13 heterocycles. The molecule has 5 radical (unpaired) electrons. The minimum absolute atomic E-state index is 0. The third-order valence-electron chi connectivity index (χ3n) is 16.7. The second-order valence-electron chi connectivity index (χ2n) is 23.1. The van der Waals surface area contributed by atoms with Gasteiger partial charge in [-0.05, 0) is 72.5 Å². The molecule has 8 aromatic heterocycles. The number of rotatable bonds is 10. The molecule has 5 aliphatic rings. The molecule has 0 amide bonds. The van der Waals surface area contributed by atoms with Crippen LogP contribution in [0.2, 0.25) is 0 Å². The van der Waals surface area contributed by atoms with Gasteiger partial charge in [0.15, 0.2) is 0 Å². The van der Waals surface area contributed by atoms with E-state index in [0.717, 1.165) is 114 Å². The first-order valence-corrected chi connectivity index (χ1v) is 33.9. The Hall–Kier alpha value is -10.8. The summed E-state index contributed by atoms with van der Waals surface area (Å²) in [4.78, 5) is 71.6. The smallest absolute Gasteiger partial charge is 0.130 e. The first kappa shape index (κ1) is 80.2. The molecule has 0 saturated heterocycles. The van der Waals surface area contributed by atoms with Gasteiger partial charge in [0, 0.05) is 136 Å². The Morgan fingerprint density at radius 1 is 0.273 bits per heavy atom. The minimum Gasteiger partial charge on any atom is -0.491 e. The van der Waals surface area contributed by atoms with Gasteiger partial charge in [0.25, 0.3) is 0 Å². The summed E-state index contributed by atoms with van der Waals surface area (Å²) in [5.74, 6) is 5.08. The van der Waals surface area contributed by atoms with E-state index in [2.05, 4.69) is 152 Å². The van der Waals surface area contributed by atoms with Crippen molar-refractivity contribution in [2.45, 2.75) is 6.92 Å². The molecule has 5 aliphatic heterocycles. The molecule has 7 aromatic carbocycles. The maximum Gasteiger partial charge on any atom is 0.130 e. The zero-order chi connectivity index (χ0) is 70.5. The molecule has 22 nitrogen and oxygen atoms in total. The van der Waals surface area contributed by atoms with E-state index in [1.165, 1.54) is 5.56 Å². The average Bonchev–Trinajstić information content (AvgIpc) is 1.66. The molecule has 28 heteroatoms. The molecule has 0 unspecified atom stereocenters. The normalized spacial score (nSPS) is 12.8. The summed E-state index contributed by atoms with van der Waals surface area (Å²) < 4.78 is 0. The predicted molar refractivity (Wildman–Crippen MR) is 410 cm³/mol. The molecule has 0 spiro atoms. The molecular weight excluding hydrogens is 2290 g/mol. The summed E-state index contributed by atoms with van der Waals surface area (Å²) in [5.41, 5.74) is 13.9. The van der Waals surface area contributed by atoms with Crippen LogP contribution in [0.25, 0.3) is 0 Å². The topological polar surface area (TPSA) is 187 Å². The molecular formula is C82H58Ir5N22S-10. The zero-order valence-corrected chi connectivity index (χ0v) is 70.5. The van der Waals surface area contributed by atoms with Crippen LogP contribution in [-0.2, 0) is 101 Å². The van der Waals surface area contributed by atoms with Crippen LogP contribution in [-0.4, -0.2) is 59.8 Å². The molecule has 557 valence electrons. The van der Waals surface area contributed by atoms with Gasteiger partial charge in [-0.2, -0.15) is 152 Å². The van der Waals surface area contributed by atoms with E-state index < -0.39 is 0 Å². The number of fused-ring (bicyclic) bond motifs is 5. The first-order valence-electron chi connectivity index (χ1n) is 33.0. The molecule has 0 fully saturated rings. The SMILES string of the molecule is Cc1ccccc1N1[CH-]N(c2[c-]cccc2)c2cncnc21.[Ir].[Ir].[Ir].[Ir].[Ir].[c-]1ccccc1N1[CH-]N(c2ccccc2)c2ncncc21.[c-]1ccccc1N1[CH-]N(c2ccccn2)c2ncncc21.[c-]1ccccc1N1[CH-]N(c2cccs2)c2cncnc21.[c-]1ccccc1N1[CH-]N(c2ccncc2)c2cncnc21. The Bertz CT molecular complexity index is 4810. The van der Waals surface area contributed by atoms with Crippen LogP contribution in [0.3, 0.4) is 0 Å². The Labute approximate surface area is 709 Å². The number of benzene rings is 7. The summed E-state index contributed by atoms with van der Waals surface area (Å²) in [6, 6.07) is 87.6. The molecule has 0 bridgehead atoms. The van der Waals surface area contributed by atoms with E-state index in [1.807, 2.05) is 276 Å². The second kappa shape index (κ2) is 38.5. The van der Waals surface area contributed by atoms with Crippen molar-refractivity contribution in [3.05, 3.63) is 374 Å². The fourth-order valence-electron chi connectivity index (χ4n) is 11.9. The monoisotopic (exact) mass is 2350 g/mol. The standard InChI is InChI=1S/C18H14N4.C17H12N4.2C16H11N5.C15H10N4S.5Ir/c1-14-7-5-6-10-16(14)22-13-21(15-8-3-2-4-9-15)17-11-19-12-20-18(17)22;1-3-7-14(8-4-1)20-13-21(15-9-5-2-6-10-15)17-16(20)11-18-12-19-17;1-2-6-13(7-3-1)20-12-21(15-8-4-5-9-18-15)16-14(20)10-17-11-19-16;1-2-4-13(5-3-1)21-12-20(14-6-8-17-9-7-14)15-10-18-11-19-16(15)21;1-2-5-12(6-3-1)18-11-19(14-7-4-8-20-14)13-9-16-10-17-15(13)18;;;;;/h2-8,10-13H,1H3;1-7,9-13H;1-6,8-12H;1-4,6-12H;1-5,7-11H;;;;;/q5*-2;;;;;. The largest absolute Gasteiger partial charge is 0.491 e. The first-order chi connectivity index (χ1) is 52.1. The van der Waals surface area contributed by atoms with Crippen molar-refractivity contribution in [2.75, 3.05) is 49.0 Å². The molecule has 0 saturated carbocycles. The van der Waals surface area contributed by atoms with Gasteiger partial charge in [0.05, 0.1) is 64.4 Å². The van der Waals surface area contributed by atoms with E-state index in [9.17, 15) is 0 Å².